The molecule has 0 atom stereocenters. The minimum atomic E-state index is -0.0606. The van der Waals surface area contributed by atoms with Crippen molar-refractivity contribution < 1.29 is 4.79 Å². The minimum absolute atomic E-state index is 0.0606. The minimum Gasteiger partial charge on any atom is -0.353 e. The number of rotatable bonds is 1. The van der Waals surface area contributed by atoms with E-state index >= 15 is 0 Å². The zero-order chi connectivity index (χ0) is 13.4. The van der Waals surface area contributed by atoms with Crippen molar-refractivity contribution in [2.45, 2.75) is 20.3 Å². The molecule has 0 fully saturated rings. The Bertz CT molecular complexity index is 662. The molecular weight excluding hydrogens is 236 g/mol. The number of hydrogen-bond acceptors (Lipinski definition) is 2. The molecule has 2 N–H and O–H groups in total. The Hall–Kier alpha value is -2.29. The molecule has 0 saturated carbocycles. The smallest absolute Gasteiger partial charge is 0.257 e. The van der Waals surface area contributed by atoms with Crippen LogP contribution in [0.2, 0.25) is 0 Å². The normalized spacial score (nSPS) is 12.8. The molecule has 3 heteroatoms. The van der Waals surface area contributed by atoms with Gasteiger partial charge in [-0.2, -0.15) is 0 Å². The largest absolute Gasteiger partial charge is 0.353 e. The summed E-state index contributed by atoms with van der Waals surface area (Å²) in [6, 6.07) is 11.9. The van der Waals surface area contributed by atoms with E-state index in [2.05, 4.69) is 23.6 Å². The molecule has 0 radical (unpaired) electrons. The van der Waals surface area contributed by atoms with Gasteiger partial charge in [0.2, 0.25) is 0 Å². The third-order valence-corrected chi connectivity index (χ3v) is 3.43. The summed E-state index contributed by atoms with van der Waals surface area (Å²) in [5, 5.41) is 6.31. The highest BCUT2D eigenvalue weighted by atomic mass is 16.1. The number of carbonyl (C=O) groups is 1. The first kappa shape index (κ1) is 11.8. The highest BCUT2D eigenvalue weighted by Gasteiger charge is 2.18. The van der Waals surface area contributed by atoms with E-state index in [0.717, 1.165) is 29.0 Å². The molecule has 3 nitrogen and oxygen atoms in total. The van der Waals surface area contributed by atoms with E-state index in [4.69, 9.17) is 0 Å². The van der Waals surface area contributed by atoms with Gasteiger partial charge >= 0.3 is 0 Å². The van der Waals surface area contributed by atoms with Gasteiger partial charge in [0, 0.05) is 0 Å². The average Bonchev–Trinajstić information content (AvgIpc) is 2.53. The summed E-state index contributed by atoms with van der Waals surface area (Å²) >= 11 is 0. The second-order valence-electron chi connectivity index (χ2n) is 4.86. The van der Waals surface area contributed by atoms with E-state index in [1.165, 1.54) is 5.56 Å². The van der Waals surface area contributed by atoms with Gasteiger partial charge in [0.25, 0.3) is 5.91 Å². The van der Waals surface area contributed by atoms with Crippen LogP contribution in [0.5, 0.6) is 0 Å². The van der Waals surface area contributed by atoms with Crippen molar-refractivity contribution >= 4 is 23.0 Å². The molecule has 0 unspecified atom stereocenters. The van der Waals surface area contributed by atoms with Crippen LogP contribution < -0.4 is 10.6 Å². The van der Waals surface area contributed by atoms with Crippen molar-refractivity contribution in [2.75, 3.05) is 10.6 Å². The number of carbonyl (C=O) groups excluding carboxylic acids is 1. The Kier molecular flexibility index (Phi) is 2.75. The number of hydrogen-bond donors (Lipinski definition) is 2. The molecule has 2 aromatic rings. The van der Waals surface area contributed by atoms with Gasteiger partial charge in [-0.15, -0.1) is 0 Å². The number of anilines is 3. The number of benzene rings is 2. The molecule has 1 aliphatic rings. The predicted octanol–water partition coefficient (Wildman–Crippen LogP) is 3.87. The van der Waals surface area contributed by atoms with Crippen LogP contribution in [-0.2, 0) is 6.42 Å². The summed E-state index contributed by atoms with van der Waals surface area (Å²) in [7, 11) is 0. The molecule has 1 amide bonds. The fourth-order valence-electron chi connectivity index (χ4n) is 2.32. The van der Waals surface area contributed by atoms with Gasteiger partial charge < -0.3 is 10.6 Å². The molecule has 0 aromatic heterocycles. The summed E-state index contributed by atoms with van der Waals surface area (Å²) < 4.78 is 0. The van der Waals surface area contributed by atoms with E-state index in [0.29, 0.717) is 5.56 Å². The van der Waals surface area contributed by atoms with E-state index in [9.17, 15) is 4.79 Å². The Labute approximate surface area is 112 Å². The van der Waals surface area contributed by atoms with Crippen LogP contribution in [0.25, 0.3) is 0 Å². The Morgan fingerprint density at radius 1 is 0.947 bits per heavy atom. The average molecular weight is 252 g/mol. The summed E-state index contributed by atoms with van der Waals surface area (Å²) in [6.45, 7) is 4.12. The first-order valence-electron chi connectivity index (χ1n) is 6.49. The van der Waals surface area contributed by atoms with E-state index in [1.807, 2.05) is 37.3 Å². The van der Waals surface area contributed by atoms with Crippen molar-refractivity contribution in [3.63, 3.8) is 0 Å². The van der Waals surface area contributed by atoms with Gasteiger partial charge in [0.05, 0.1) is 22.6 Å². The summed E-state index contributed by atoms with van der Waals surface area (Å²) in [4.78, 5) is 12.2. The predicted molar refractivity (Wildman–Crippen MR) is 78.2 cm³/mol. The fourth-order valence-corrected chi connectivity index (χ4v) is 2.32. The fraction of sp³-hybridized carbons (Fsp3) is 0.188. The SMILES string of the molecule is CCc1ccc2c(c1)NC(=O)c1ccc(C)cc1N2. The van der Waals surface area contributed by atoms with Crippen LogP contribution in [0.1, 0.15) is 28.4 Å². The maximum absolute atomic E-state index is 12.2. The quantitative estimate of drug-likeness (QED) is 0.809. The lowest BCUT2D eigenvalue weighted by molar-refractivity contribution is 0.102. The maximum atomic E-state index is 12.2. The Morgan fingerprint density at radius 3 is 2.58 bits per heavy atom. The highest BCUT2D eigenvalue weighted by molar-refractivity contribution is 6.12. The Morgan fingerprint density at radius 2 is 1.79 bits per heavy atom. The van der Waals surface area contributed by atoms with Gasteiger partial charge in [-0.3, -0.25) is 4.79 Å². The first-order valence-corrected chi connectivity index (χ1v) is 6.49. The zero-order valence-electron chi connectivity index (χ0n) is 11.1. The lowest BCUT2D eigenvalue weighted by atomic mass is 10.1. The molecule has 0 spiro atoms. The number of amides is 1. The van der Waals surface area contributed by atoms with Crippen molar-refractivity contribution in [3.05, 3.63) is 53.1 Å². The van der Waals surface area contributed by atoms with Crippen molar-refractivity contribution in [3.8, 4) is 0 Å². The third-order valence-electron chi connectivity index (χ3n) is 3.43. The molecule has 0 aliphatic carbocycles. The summed E-state index contributed by atoms with van der Waals surface area (Å²) in [6.07, 6.45) is 0.954. The van der Waals surface area contributed by atoms with Crippen molar-refractivity contribution in [1.82, 2.24) is 0 Å². The monoisotopic (exact) mass is 252 g/mol. The molecular formula is C16H16N2O. The molecule has 0 saturated heterocycles. The number of aryl methyl sites for hydroxylation is 2. The molecule has 3 rings (SSSR count). The topological polar surface area (TPSA) is 41.1 Å². The standard InChI is InChI=1S/C16H16N2O/c1-3-11-5-7-13-15(9-11)18-16(19)12-6-4-10(2)8-14(12)17-13/h4-9,17H,3H2,1-2H3,(H,18,19). The van der Waals surface area contributed by atoms with Crippen molar-refractivity contribution in [1.29, 1.82) is 0 Å². The lowest BCUT2D eigenvalue weighted by Crippen LogP contribution is -2.10. The summed E-state index contributed by atoms with van der Waals surface area (Å²) in [5.41, 5.74) is 5.67. The number of fused-ring (bicyclic) bond motifs is 2. The lowest BCUT2D eigenvalue weighted by Gasteiger charge is -2.10. The van der Waals surface area contributed by atoms with E-state index in [1.54, 1.807) is 0 Å². The van der Waals surface area contributed by atoms with E-state index < -0.39 is 0 Å². The second-order valence-corrected chi connectivity index (χ2v) is 4.86. The zero-order valence-corrected chi connectivity index (χ0v) is 11.1. The van der Waals surface area contributed by atoms with Crippen LogP contribution in [-0.4, -0.2) is 5.91 Å². The van der Waals surface area contributed by atoms with Crippen LogP contribution in [0.15, 0.2) is 36.4 Å². The van der Waals surface area contributed by atoms with Crippen LogP contribution in [0.4, 0.5) is 17.1 Å². The van der Waals surface area contributed by atoms with Crippen LogP contribution in [0.3, 0.4) is 0 Å². The van der Waals surface area contributed by atoms with Crippen LogP contribution in [0, 0.1) is 6.92 Å². The van der Waals surface area contributed by atoms with Gasteiger partial charge in [-0.1, -0.05) is 19.1 Å². The third kappa shape index (κ3) is 2.08. The molecule has 1 heterocycles. The van der Waals surface area contributed by atoms with Gasteiger partial charge in [-0.05, 0) is 48.7 Å². The van der Waals surface area contributed by atoms with Crippen LogP contribution >= 0.6 is 0 Å². The number of nitrogens with one attached hydrogen (secondary N) is 2. The van der Waals surface area contributed by atoms with Gasteiger partial charge in [-0.25, -0.2) is 0 Å². The highest BCUT2D eigenvalue weighted by Crippen LogP contribution is 2.33. The molecule has 2 aromatic carbocycles. The second kappa shape index (κ2) is 4.43. The molecule has 96 valence electrons. The van der Waals surface area contributed by atoms with Gasteiger partial charge in [0.1, 0.15) is 0 Å². The molecule has 0 bridgehead atoms. The Balaban J connectivity index is 2.12. The van der Waals surface area contributed by atoms with E-state index in [-0.39, 0.29) is 5.91 Å². The van der Waals surface area contributed by atoms with Crippen molar-refractivity contribution in [2.24, 2.45) is 0 Å². The maximum Gasteiger partial charge on any atom is 0.257 e. The molecule has 1 aliphatic heterocycles. The first-order chi connectivity index (χ1) is 9.17. The van der Waals surface area contributed by atoms with Gasteiger partial charge in [0.15, 0.2) is 0 Å². The summed E-state index contributed by atoms with van der Waals surface area (Å²) in [5.74, 6) is -0.0606. The molecule has 19 heavy (non-hydrogen) atoms.